The number of fused-ring (bicyclic) bond motifs is 1. The molecule has 2 aromatic rings. The molecule has 0 radical (unpaired) electrons. The number of ether oxygens (including phenoxy) is 1. The molecule has 0 amide bonds. The summed E-state index contributed by atoms with van der Waals surface area (Å²) in [4.78, 5) is 25.4. The van der Waals surface area contributed by atoms with Gasteiger partial charge in [-0.1, -0.05) is 18.2 Å². The highest BCUT2D eigenvalue weighted by atomic mass is 32.2. The van der Waals surface area contributed by atoms with E-state index >= 15 is 0 Å². The summed E-state index contributed by atoms with van der Waals surface area (Å²) >= 11 is 1.42. The average Bonchev–Trinajstić information content (AvgIpc) is 2.53. The number of ketones is 2. The minimum absolute atomic E-state index is 0.0863. The number of pyridine rings is 1. The Morgan fingerprint density at radius 3 is 2.64 bits per heavy atom. The van der Waals surface area contributed by atoms with Crippen molar-refractivity contribution in [3.05, 3.63) is 71.3 Å². The lowest BCUT2D eigenvalue weighted by molar-refractivity contribution is -0.502. The molecular formula is C17H14NO3S+. The van der Waals surface area contributed by atoms with Crippen LogP contribution in [-0.4, -0.2) is 18.7 Å². The Morgan fingerprint density at radius 1 is 1.09 bits per heavy atom. The van der Waals surface area contributed by atoms with Crippen LogP contribution >= 0.6 is 11.9 Å². The predicted octanol–water partition coefficient (Wildman–Crippen LogP) is 2.75. The summed E-state index contributed by atoms with van der Waals surface area (Å²) in [5.74, 6) is -0.374. The van der Waals surface area contributed by atoms with Crippen molar-refractivity contribution < 1.29 is 18.3 Å². The Hall–Kier alpha value is -2.40. The van der Waals surface area contributed by atoms with Crippen LogP contribution in [0.5, 0.6) is 0 Å². The molecule has 1 aromatic carbocycles. The number of allylic oxidation sites excluding steroid dienone is 2. The van der Waals surface area contributed by atoms with Gasteiger partial charge in [0.05, 0.1) is 17.6 Å². The maximum Gasteiger partial charge on any atom is 0.228 e. The number of Topliss-reactive ketones (excluding diaryl/α,β-unsaturated/α-hetero) is 1. The van der Waals surface area contributed by atoms with E-state index in [1.807, 2.05) is 41.4 Å². The number of hydrogen-bond acceptors (Lipinski definition) is 4. The first-order valence-electron chi connectivity index (χ1n) is 6.75. The fourth-order valence-corrected chi connectivity index (χ4v) is 3.30. The van der Waals surface area contributed by atoms with E-state index in [0.717, 1.165) is 10.6 Å². The highest BCUT2D eigenvalue weighted by molar-refractivity contribution is 7.93. The molecule has 0 N–H and O–H groups in total. The highest BCUT2D eigenvalue weighted by Gasteiger charge is 2.30. The van der Waals surface area contributed by atoms with E-state index in [-0.39, 0.29) is 17.3 Å². The summed E-state index contributed by atoms with van der Waals surface area (Å²) in [6.07, 6.45) is 3.18. The quantitative estimate of drug-likeness (QED) is 0.818. The average molecular weight is 312 g/mol. The van der Waals surface area contributed by atoms with Gasteiger partial charge in [0.2, 0.25) is 17.7 Å². The SMILES string of the molecule is COC1=CC(=O)c2c(S[n+]3ccccc3C)cccc2C1=O. The first-order chi connectivity index (χ1) is 10.6. The maximum atomic E-state index is 12.4. The monoisotopic (exact) mass is 312 g/mol. The number of benzene rings is 1. The number of rotatable bonds is 3. The number of hydrogen-bond donors (Lipinski definition) is 0. The van der Waals surface area contributed by atoms with Gasteiger partial charge in [-0.3, -0.25) is 9.59 Å². The van der Waals surface area contributed by atoms with Crippen LogP contribution in [0.2, 0.25) is 0 Å². The molecule has 5 heteroatoms. The van der Waals surface area contributed by atoms with Crippen LogP contribution in [0.1, 0.15) is 26.4 Å². The van der Waals surface area contributed by atoms with Crippen molar-refractivity contribution in [3.63, 3.8) is 0 Å². The largest absolute Gasteiger partial charge is 0.492 e. The van der Waals surface area contributed by atoms with Gasteiger partial charge in [-0.25, -0.2) is 0 Å². The summed E-state index contributed by atoms with van der Waals surface area (Å²) in [5, 5.41) is 0. The molecule has 1 aliphatic rings. The first-order valence-corrected chi connectivity index (χ1v) is 7.52. The number of aryl methyl sites for hydroxylation is 1. The van der Waals surface area contributed by atoms with Crippen molar-refractivity contribution in [1.82, 2.24) is 0 Å². The maximum absolute atomic E-state index is 12.4. The van der Waals surface area contributed by atoms with Gasteiger partial charge in [0, 0.05) is 30.7 Å². The smallest absolute Gasteiger partial charge is 0.228 e. The Kier molecular flexibility index (Phi) is 3.81. The molecule has 0 atom stereocenters. The molecule has 3 rings (SSSR count). The zero-order valence-corrected chi connectivity index (χ0v) is 13.0. The minimum Gasteiger partial charge on any atom is -0.492 e. The molecular weight excluding hydrogens is 298 g/mol. The van der Waals surface area contributed by atoms with Gasteiger partial charge in [0.1, 0.15) is 0 Å². The molecule has 1 aliphatic carbocycles. The summed E-state index contributed by atoms with van der Waals surface area (Å²) in [5.41, 5.74) is 1.88. The number of carbonyl (C=O) groups excluding carboxylic acids is 2. The van der Waals surface area contributed by atoms with E-state index in [1.165, 1.54) is 25.1 Å². The fraction of sp³-hybridized carbons (Fsp3) is 0.118. The zero-order valence-electron chi connectivity index (χ0n) is 12.2. The van der Waals surface area contributed by atoms with Gasteiger partial charge in [0.25, 0.3) is 0 Å². The highest BCUT2D eigenvalue weighted by Crippen LogP contribution is 2.29. The lowest BCUT2D eigenvalue weighted by atomic mass is 9.93. The lowest BCUT2D eigenvalue weighted by Gasteiger charge is -2.15. The zero-order chi connectivity index (χ0) is 15.7. The van der Waals surface area contributed by atoms with Gasteiger partial charge >= 0.3 is 0 Å². The molecule has 0 aliphatic heterocycles. The topological polar surface area (TPSA) is 47.2 Å². The second kappa shape index (κ2) is 5.77. The number of nitrogens with zero attached hydrogens (tertiary/aromatic N) is 1. The molecule has 0 bridgehead atoms. The Balaban J connectivity index is 2.08. The van der Waals surface area contributed by atoms with Gasteiger partial charge in [-0.05, 0) is 6.07 Å². The second-order valence-corrected chi connectivity index (χ2v) is 5.86. The molecule has 0 fully saturated rings. The Labute approximate surface area is 132 Å². The lowest BCUT2D eigenvalue weighted by Crippen LogP contribution is -2.29. The van der Waals surface area contributed by atoms with Crippen molar-refractivity contribution in [2.75, 3.05) is 7.11 Å². The summed E-state index contributed by atoms with van der Waals surface area (Å²) in [6, 6.07) is 11.1. The van der Waals surface area contributed by atoms with Crippen LogP contribution in [0.3, 0.4) is 0 Å². The standard InChI is InChI=1S/C17H14NO3S/c1-11-6-3-4-9-18(11)22-15-8-5-7-12-16(15)13(19)10-14(21-2)17(12)20/h3-10H,1-2H3/q+1. The van der Waals surface area contributed by atoms with Crippen LogP contribution in [0, 0.1) is 6.92 Å². The number of methoxy groups -OCH3 is 1. The van der Waals surface area contributed by atoms with Gasteiger partial charge in [-0.15, -0.1) is 3.97 Å². The number of aromatic nitrogens is 1. The van der Waals surface area contributed by atoms with Crippen LogP contribution in [0.15, 0.2) is 59.3 Å². The van der Waals surface area contributed by atoms with Gasteiger partial charge < -0.3 is 4.74 Å². The third-order valence-electron chi connectivity index (χ3n) is 3.44. The summed E-state index contributed by atoms with van der Waals surface area (Å²) < 4.78 is 6.95. The van der Waals surface area contributed by atoms with Crippen LogP contribution in [0.4, 0.5) is 0 Å². The van der Waals surface area contributed by atoms with E-state index in [0.29, 0.717) is 11.1 Å². The minimum atomic E-state index is -0.255. The number of carbonyl (C=O) groups is 2. The molecule has 0 saturated carbocycles. The van der Waals surface area contributed by atoms with E-state index < -0.39 is 0 Å². The molecule has 0 spiro atoms. The molecule has 1 heterocycles. The van der Waals surface area contributed by atoms with E-state index in [2.05, 4.69) is 0 Å². The molecule has 110 valence electrons. The van der Waals surface area contributed by atoms with Crippen molar-refractivity contribution in [3.8, 4) is 0 Å². The van der Waals surface area contributed by atoms with E-state index in [9.17, 15) is 9.59 Å². The molecule has 22 heavy (non-hydrogen) atoms. The van der Waals surface area contributed by atoms with Gasteiger partial charge in [-0.2, -0.15) is 0 Å². The van der Waals surface area contributed by atoms with E-state index in [1.54, 1.807) is 12.1 Å². The van der Waals surface area contributed by atoms with Crippen LogP contribution in [-0.2, 0) is 4.74 Å². The molecule has 0 unspecified atom stereocenters. The second-order valence-electron chi connectivity index (χ2n) is 4.84. The normalized spacial score (nSPS) is 13.6. The summed E-state index contributed by atoms with van der Waals surface area (Å²) in [7, 11) is 1.39. The Bertz CT molecular complexity index is 811. The van der Waals surface area contributed by atoms with Crippen molar-refractivity contribution in [2.45, 2.75) is 11.8 Å². The molecule has 1 aromatic heterocycles. The van der Waals surface area contributed by atoms with Crippen LogP contribution < -0.4 is 3.97 Å². The summed E-state index contributed by atoms with van der Waals surface area (Å²) in [6.45, 7) is 1.98. The predicted molar refractivity (Wildman–Crippen MR) is 82.8 cm³/mol. The first kappa shape index (κ1) is 14.5. The van der Waals surface area contributed by atoms with Crippen molar-refractivity contribution in [1.29, 1.82) is 0 Å². The van der Waals surface area contributed by atoms with Gasteiger partial charge in [0.15, 0.2) is 23.4 Å². The van der Waals surface area contributed by atoms with Crippen molar-refractivity contribution >= 4 is 23.5 Å². The third-order valence-corrected chi connectivity index (χ3v) is 4.58. The van der Waals surface area contributed by atoms with Crippen LogP contribution in [0.25, 0.3) is 0 Å². The molecule has 0 saturated heterocycles. The Morgan fingerprint density at radius 2 is 1.91 bits per heavy atom. The van der Waals surface area contributed by atoms with Crippen molar-refractivity contribution in [2.24, 2.45) is 0 Å². The van der Waals surface area contributed by atoms with E-state index in [4.69, 9.17) is 4.74 Å². The third kappa shape index (κ3) is 2.44. The molecule has 4 nitrogen and oxygen atoms in total. The fourth-order valence-electron chi connectivity index (χ4n) is 2.31.